The van der Waals surface area contributed by atoms with Crippen LogP contribution in [-0.4, -0.2) is 30.1 Å². The molecule has 0 saturated carbocycles. The third-order valence-electron chi connectivity index (χ3n) is 3.61. The van der Waals surface area contributed by atoms with Gasteiger partial charge in [-0.05, 0) is 67.5 Å². The number of hydrazine groups is 1. The average molecular weight is 436 g/mol. The Morgan fingerprint density at radius 2 is 1.90 bits per heavy atom. The minimum Gasteiger partial charge on any atom is -0.494 e. The Morgan fingerprint density at radius 1 is 1.10 bits per heavy atom. The predicted molar refractivity (Wildman–Crippen MR) is 115 cm³/mol. The number of rotatable bonds is 7. The lowest BCUT2D eigenvalue weighted by Crippen LogP contribution is -2.49. The van der Waals surface area contributed by atoms with Gasteiger partial charge < -0.3 is 9.47 Å². The minimum atomic E-state index is -0.467. The summed E-state index contributed by atoms with van der Waals surface area (Å²) >= 11 is 10.9. The number of ether oxygens (including phenoxy) is 2. The number of carbonyl (C=O) groups is 2. The largest absolute Gasteiger partial charge is 0.494 e. The van der Waals surface area contributed by atoms with E-state index in [0.717, 1.165) is 12.0 Å². The number of carbonyl (C=O) groups excluding carboxylic acids is 2. The highest BCUT2D eigenvalue weighted by atomic mass is 35.5. The normalized spacial score (nSPS) is 10.0. The van der Waals surface area contributed by atoms with Crippen LogP contribution in [0.5, 0.6) is 11.5 Å². The Balaban J connectivity index is 1.77. The SMILES string of the molecule is CCCOc1cccc(C(=O)NC(=S)NNC(=O)COc2ccc(Cl)cc2C)c1. The summed E-state index contributed by atoms with van der Waals surface area (Å²) in [7, 11) is 0. The van der Waals surface area contributed by atoms with Crippen LogP contribution in [0.15, 0.2) is 42.5 Å². The number of amides is 2. The molecule has 0 radical (unpaired) electrons. The maximum absolute atomic E-state index is 12.3. The number of thiocarbonyl (C=S) groups is 1. The highest BCUT2D eigenvalue weighted by Gasteiger charge is 2.10. The van der Waals surface area contributed by atoms with E-state index in [-0.39, 0.29) is 11.7 Å². The number of hydrogen-bond donors (Lipinski definition) is 3. The van der Waals surface area contributed by atoms with Gasteiger partial charge in [0.25, 0.3) is 11.8 Å². The third-order valence-corrected chi connectivity index (χ3v) is 4.05. The fraction of sp³-hybridized carbons (Fsp3) is 0.250. The first kappa shape index (κ1) is 22.4. The van der Waals surface area contributed by atoms with Gasteiger partial charge in [-0.15, -0.1) is 0 Å². The predicted octanol–water partition coefficient (Wildman–Crippen LogP) is 3.15. The van der Waals surface area contributed by atoms with Crippen molar-refractivity contribution in [2.24, 2.45) is 0 Å². The Labute approximate surface area is 179 Å². The van der Waals surface area contributed by atoms with Crippen LogP contribution >= 0.6 is 23.8 Å². The summed E-state index contributed by atoms with van der Waals surface area (Å²) in [5.41, 5.74) is 6.01. The van der Waals surface area contributed by atoms with E-state index in [2.05, 4.69) is 16.2 Å². The Bertz CT molecular complexity index is 892. The standard InChI is InChI=1S/C20H22ClN3O4S/c1-3-9-27-16-6-4-5-14(11-16)19(26)22-20(29)24-23-18(25)12-28-17-8-7-15(21)10-13(17)2/h4-8,10-11H,3,9,12H2,1-2H3,(H,23,25)(H2,22,24,26,29). The van der Waals surface area contributed by atoms with Gasteiger partial charge in [0.2, 0.25) is 0 Å². The molecule has 0 heterocycles. The van der Waals surface area contributed by atoms with E-state index >= 15 is 0 Å². The van der Waals surface area contributed by atoms with Crippen LogP contribution in [0.3, 0.4) is 0 Å². The van der Waals surface area contributed by atoms with Crippen LogP contribution in [0.2, 0.25) is 5.02 Å². The van der Waals surface area contributed by atoms with Crippen molar-refractivity contribution in [1.82, 2.24) is 16.2 Å². The number of nitrogens with one attached hydrogen (secondary N) is 3. The van der Waals surface area contributed by atoms with Crippen LogP contribution in [0.1, 0.15) is 29.3 Å². The van der Waals surface area contributed by atoms with Crippen molar-refractivity contribution in [2.45, 2.75) is 20.3 Å². The van der Waals surface area contributed by atoms with Gasteiger partial charge in [0.15, 0.2) is 11.7 Å². The van der Waals surface area contributed by atoms with E-state index in [0.29, 0.717) is 28.7 Å². The highest BCUT2D eigenvalue weighted by molar-refractivity contribution is 7.80. The molecule has 9 heteroatoms. The molecular weight excluding hydrogens is 414 g/mol. The average Bonchev–Trinajstić information content (AvgIpc) is 2.70. The quantitative estimate of drug-likeness (QED) is 0.457. The van der Waals surface area contributed by atoms with E-state index in [9.17, 15) is 9.59 Å². The Kier molecular flexibility index (Phi) is 8.69. The van der Waals surface area contributed by atoms with Crippen molar-refractivity contribution in [3.63, 3.8) is 0 Å². The number of aryl methyl sites for hydroxylation is 1. The lowest BCUT2D eigenvalue weighted by Gasteiger charge is -2.12. The Morgan fingerprint density at radius 3 is 2.62 bits per heavy atom. The molecule has 154 valence electrons. The zero-order valence-corrected chi connectivity index (χ0v) is 17.7. The smallest absolute Gasteiger partial charge is 0.276 e. The lowest BCUT2D eigenvalue weighted by molar-refractivity contribution is -0.123. The number of benzene rings is 2. The van der Waals surface area contributed by atoms with Crippen molar-refractivity contribution < 1.29 is 19.1 Å². The highest BCUT2D eigenvalue weighted by Crippen LogP contribution is 2.21. The second-order valence-electron chi connectivity index (χ2n) is 6.03. The van der Waals surface area contributed by atoms with Gasteiger partial charge in [-0.25, -0.2) is 0 Å². The van der Waals surface area contributed by atoms with E-state index < -0.39 is 11.8 Å². The second-order valence-corrected chi connectivity index (χ2v) is 6.88. The molecule has 0 aliphatic heterocycles. The number of hydrogen-bond acceptors (Lipinski definition) is 5. The molecule has 2 aromatic carbocycles. The van der Waals surface area contributed by atoms with Gasteiger partial charge in [0, 0.05) is 10.6 Å². The first-order valence-corrected chi connectivity index (χ1v) is 9.69. The van der Waals surface area contributed by atoms with Crippen LogP contribution in [-0.2, 0) is 4.79 Å². The van der Waals surface area contributed by atoms with Crippen molar-refractivity contribution >= 4 is 40.7 Å². The molecule has 7 nitrogen and oxygen atoms in total. The first-order valence-electron chi connectivity index (χ1n) is 8.91. The monoisotopic (exact) mass is 435 g/mol. The molecule has 0 atom stereocenters. The summed E-state index contributed by atoms with van der Waals surface area (Å²) in [4.78, 5) is 24.1. The molecule has 0 aliphatic rings. The molecule has 29 heavy (non-hydrogen) atoms. The maximum Gasteiger partial charge on any atom is 0.276 e. The summed E-state index contributed by atoms with van der Waals surface area (Å²) in [5, 5.41) is 3.02. The van der Waals surface area contributed by atoms with E-state index in [1.54, 1.807) is 42.5 Å². The van der Waals surface area contributed by atoms with Crippen molar-refractivity contribution in [2.75, 3.05) is 13.2 Å². The molecular formula is C20H22ClN3O4S. The van der Waals surface area contributed by atoms with E-state index in [1.807, 2.05) is 13.8 Å². The molecule has 0 saturated heterocycles. The summed E-state index contributed by atoms with van der Waals surface area (Å²) in [6.07, 6.45) is 0.866. The zero-order chi connectivity index (χ0) is 21.2. The number of halogens is 1. The summed E-state index contributed by atoms with van der Waals surface area (Å²) < 4.78 is 10.9. The van der Waals surface area contributed by atoms with Gasteiger partial charge >= 0.3 is 0 Å². The zero-order valence-electron chi connectivity index (χ0n) is 16.1. The molecule has 0 fully saturated rings. The van der Waals surface area contributed by atoms with Crippen molar-refractivity contribution in [3.05, 3.63) is 58.6 Å². The van der Waals surface area contributed by atoms with Gasteiger partial charge in [-0.1, -0.05) is 24.6 Å². The topological polar surface area (TPSA) is 88.7 Å². The second kappa shape index (κ2) is 11.2. The third kappa shape index (κ3) is 7.59. The van der Waals surface area contributed by atoms with Gasteiger partial charge in [0.1, 0.15) is 11.5 Å². The van der Waals surface area contributed by atoms with Crippen LogP contribution in [0, 0.1) is 6.92 Å². The molecule has 3 N–H and O–H groups in total. The molecule has 0 unspecified atom stereocenters. The van der Waals surface area contributed by atoms with Gasteiger partial charge in [0.05, 0.1) is 6.61 Å². The first-order chi connectivity index (χ1) is 13.9. The fourth-order valence-corrected chi connectivity index (χ4v) is 2.60. The molecule has 0 spiro atoms. The maximum atomic E-state index is 12.3. The van der Waals surface area contributed by atoms with Crippen LogP contribution < -0.4 is 25.6 Å². The summed E-state index contributed by atoms with van der Waals surface area (Å²) in [6.45, 7) is 4.15. The minimum absolute atomic E-state index is 0.0501. The van der Waals surface area contributed by atoms with Crippen molar-refractivity contribution in [3.8, 4) is 11.5 Å². The van der Waals surface area contributed by atoms with Crippen molar-refractivity contribution in [1.29, 1.82) is 0 Å². The van der Waals surface area contributed by atoms with E-state index in [1.165, 1.54) is 0 Å². The molecule has 2 aromatic rings. The summed E-state index contributed by atoms with van der Waals surface area (Å²) in [6, 6.07) is 11.8. The molecule has 2 rings (SSSR count). The van der Waals surface area contributed by atoms with Gasteiger partial charge in [-0.3, -0.25) is 25.8 Å². The molecule has 0 aliphatic carbocycles. The summed E-state index contributed by atoms with van der Waals surface area (Å²) in [5.74, 6) is 0.254. The van der Waals surface area contributed by atoms with Crippen LogP contribution in [0.25, 0.3) is 0 Å². The van der Waals surface area contributed by atoms with Crippen LogP contribution in [0.4, 0.5) is 0 Å². The fourth-order valence-electron chi connectivity index (χ4n) is 2.23. The Hall–Kier alpha value is -2.84. The molecule has 0 bridgehead atoms. The van der Waals surface area contributed by atoms with E-state index in [4.69, 9.17) is 33.3 Å². The van der Waals surface area contributed by atoms with Gasteiger partial charge in [-0.2, -0.15) is 0 Å². The molecule has 0 aromatic heterocycles. The molecule has 2 amide bonds. The lowest BCUT2D eigenvalue weighted by atomic mass is 10.2.